The SMILES string of the molecule is COc1ccc(OC)c(C(=O)N2CCN(S(=O)(=O)/C=C/c3ccccc3)CC2)c1. The minimum Gasteiger partial charge on any atom is -0.497 e. The van der Waals surface area contributed by atoms with E-state index in [-0.39, 0.29) is 19.0 Å². The van der Waals surface area contributed by atoms with E-state index < -0.39 is 10.0 Å². The molecule has 7 nitrogen and oxygen atoms in total. The van der Waals surface area contributed by atoms with Gasteiger partial charge < -0.3 is 14.4 Å². The molecule has 0 N–H and O–H groups in total. The number of piperazine rings is 1. The Bertz CT molecular complexity index is 981. The third-order valence-electron chi connectivity index (χ3n) is 4.75. The molecule has 1 saturated heterocycles. The van der Waals surface area contributed by atoms with Gasteiger partial charge in [-0.3, -0.25) is 4.79 Å². The number of amides is 1. The van der Waals surface area contributed by atoms with Crippen molar-refractivity contribution < 1.29 is 22.7 Å². The van der Waals surface area contributed by atoms with Crippen LogP contribution in [-0.2, 0) is 10.0 Å². The summed E-state index contributed by atoms with van der Waals surface area (Å²) in [6.07, 6.45) is 1.58. The van der Waals surface area contributed by atoms with Gasteiger partial charge in [0.15, 0.2) is 0 Å². The lowest BCUT2D eigenvalue weighted by atomic mass is 10.1. The highest BCUT2D eigenvalue weighted by Crippen LogP contribution is 2.26. The Morgan fingerprint density at radius 3 is 2.28 bits per heavy atom. The first-order chi connectivity index (χ1) is 13.9. The average molecular weight is 416 g/mol. The highest BCUT2D eigenvalue weighted by molar-refractivity contribution is 7.92. The molecule has 1 aliphatic heterocycles. The Morgan fingerprint density at radius 1 is 0.966 bits per heavy atom. The van der Waals surface area contributed by atoms with E-state index in [0.717, 1.165) is 5.56 Å². The molecule has 1 heterocycles. The van der Waals surface area contributed by atoms with E-state index in [1.54, 1.807) is 29.2 Å². The molecule has 0 bridgehead atoms. The maximum atomic E-state index is 12.9. The molecule has 0 atom stereocenters. The highest BCUT2D eigenvalue weighted by atomic mass is 32.2. The molecular weight excluding hydrogens is 392 g/mol. The third-order valence-corrected chi connectivity index (χ3v) is 6.32. The molecule has 0 aromatic heterocycles. The summed E-state index contributed by atoms with van der Waals surface area (Å²) in [7, 11) is -0.516. The molecule has 1 fully saturated rings. The summed E-state index contributed by atoms with van der Waals surface area (Å²) in [5, 5.41) is 1.21. The van der Waals surface area contributed by atoms with Crippen molar-refractivity contribution >= 4 is 22.0 Å². The molecule has 0 saturated carbocycles. The fraction of sp³-hybridized carbons (Fsp3) is 0.286. The van der Waals surface area contributed by atoms with Crippen molar-refractivity contribution in [2.75, 3.05) is 40.4 Å². The molecular formula is C21H24N2O5S. The number of rotatable bonds is 6. The molecule has 0 spiro atoms. The lowest BCUT2D eigenvalue weighted by Gasteiger charge is -2.33. The van der Waals surface area contributed by atoms with Gasteiger partial charge in [-0.05, 0) is 29.8 Å². The van der Waals surface area contributed by atoms with E-state index in [2.05, 4.69) is 0 Å². The smallest absolute Gasteiger partial charge is 0.257 e. The number of hydrogen-bond acceptors (Lipinski definition) is 5. The minimum atomic E-state index is -3.55. The average Bonchev–Trinajstić information content (AvgIpc) is 2.77. The summed E-state index contributed by atoms with van der Waals surface area (Å²) in [4.78, 5) is 14.6. The second kappa shape index (κ2) is 9.11. The summed E-state index contributed by atoms with van der Waals surface area (Å²) >= 11 is 0. The summed E-state index contributed by atoms with van der Waals surface area (Å²) < 4.78 is 37.0. The number of nitrogens with zero attached hydrogens (tertiary/aromatic N) is 2. The maximum absolute atomic E-state index is 12.9. The van der Waals surface area contributed by atoms with Crippen LogP contribution in [0, 0.1) is 0 Å². The van der Waals surface area contributed by atoms with Crippen molar-refractivity contribution in [1.29, 1.82) is 0 Å². The molecule has 3 rings (SSSR count). The van der Waals surface area contributed by atoms with Crippen molar-refractivity contribution in [2.24, 2.45) is 0 Å². The van der Waals surface area contributed by atoms with E-state index in [0.29, 0.717) is 30.2 Å². The number of ether oxygens (including phenoxy) is 2. The quantitative estimate of drug-likeness (QED) is 0.723. The van der Waals surface area contributed by atoms with Crippen LogP contribution in [0.5, 0.6) is 11.5 Å². The van der Waals surface area contributed by atoms with Crippen LogP contribution in [0.3, 0.4) is 0 Å². The molecule has 2 aromatic rings. The van der Waals surface area contributed by atoms with Gasteiger partial charge in [0.1, 0.15) is 11.5 Å². The minimum absolute atomic E-state index is 0.211. The Hall–Kier alpha value is -2.84. The number of carbonyl (C=O) groups excluding carboxylic acids is 1. The molecule has 1 amide bonds. The Labute approximate surface area is 171 Å². The first-order valence-electron chi connectivity index (χ1n) is 9.19. The standard InChI is InChI=1S/C21H24N2O5S/c1-27-18-8-9-20(28-2)19(16-18)21(24)22-11-13-23(14-12-22)29(25,26)15-10-17-6-4-3-5-7-17/h3-10,15-16H,11-14H2,1-2H3/b15-10+. The predicted octanol–water partition coefficient (Wildman–Crippen LogP) is 2.46. The maximum Gasteiger partial charge on any atom is 0.257 e. The van der Waals surface area contributed by atoms with Crippen LogP contribution in [0.1, 0.15) is 15.9 Å². The first-order valence-corrected chi connectivity index (χ1v) is 10.7. The first kappa shape index (κ1) is 20.9. The fourth-order valence-electron chi connectivity index (χ4n) is 3.11. The lowest BCUT2D eigenvalue weighted by Crippen LogP contribution is -2.50. The summed E-state index contributed by atoms with van der Waals surface area (Å²) in [5.41, 5.74) is 1.21. The van der Waals surface area contributed by atoms with Crippen LogP contribution in [0.2, 0.25) is 0 Å². The highest BCUT2D eigenvalue weighted by Gasteiger charge is 2.29. The van der Waals surface area contributed by atoms with Crippen LogP contribution in [0.25, 0.3) is 6.08 Å². The van der Waals surface area contributed by atoms with E-state index in [1.807, 2.05) is 30.3 Å². The predicted molar refractivity (Wildman–Crippen MR) is 111 cm³/mol. The van der Waals surface area contributed by atoms with Gasteiger partial charge in [-0.2, -0.15) is 4.31 Å². The monoisotopic (exact) mass is 416 g/mol. The molecule has 8 heteroatoms. The van der Waals surface area contributed by atoms with Crippen molar-refractivity contribution in [3.63, 3.8) is 0 Å². The normalized spacial score (nSPS) is 15.4. The number of carbonyl (C=O) groups is 1. The summed E-state index contributed by atoms with van der Waals surface area (Å²) in [6, 6.07) is 14.3. The number of sulfonamides is 1. The fourth-order valence-corrected chi connectivity index (χ4v) is 4.29. The van der Waals surface area contributed by atoms with Gasteiger partial charge in [-0.25, -0.2) is 8.42 Å². The largest absolute Gasteiger partial charge is 0.497 e. The van der Waals surface area contributed by atoms with Gasteiger partial charge in [-0.15, -0.1) is 0 Å². The summed E-state index contributed by atoms with van der Waals surface area (Å²) in [6.45, 7) is 1.08. The van der Waals surface area contributed by atoms with Crippen LogP contribution in [0.15, 0.2) is 53.9 Å². The van der Waals surface area contributed by atoms with E-state index in [4.69, 9.17) is 9.47 Å². The van der Waals surface area contributed by atoms with Crippen LogP contribution in [-0.4, -0.2) is 63.9 Å². The van der Waals surface area contributed by atoms with Crippen molar-refractivity contribution in [2.45, 2.75) is 0 Å². The molecule has 0 aliphatic carbocycles. The van der Waals surface area contributed by atoms with E-state index >= 15 is 0 Å². The van der Waals surface area contributed by atoms with E-state index in [9.17, 15) is 13.2 Å². The second-order valence-corrected chi connectivity index (χ2v) is 8.33. The van der Waals surface area contributed by atoms with E-state index in [1.165, 1.54) is 23.9 Å². The molecule has 1 aliphatic rings. The zero-order valence-electron chi connectivity index (χ0n) is 16.4. The van der Waals surface area contributed by atoms with Crippen molar-refractivity contribution in [3.05, 3.63) is 65.1 Å². The van der Waals surface area contributed by atoms with Gasteiger partial charge >= 0.3 is 0 Å². The molecule has 0 radical (unpaired) electrons. The van der Waals surface area contributed by atoms with Crippen molar-refractivity contribution in [3.8, 4) is 11.5 Å². The zero-order chi connectivity index (χ0) is 20.9. The zero-order valence-corrected chi connectivity index (χ0v) is 17.3. The number of methoxy groups -OCH3 is 2. The Morgan fingerprint density at radius 2 is 1.66 bits per heavy atom. The lowest BCUT2D eigenvalue weighted by molar-refractivity contribution is 0.0695. The third kappa shape index (κ3) is 4.96. The molecule has 154 valence electrons. The summed E-state index contributed by atoms with van der Waals surface area (Å²) in [5.74, 6) is 0.802. The van der Waals surface area contributed by atoms with Crippen LogP contribution in [0.4, 0.5) is 0 Å². The van der Waals surface area contributed by atoms with Gasteiger partial charge in [0, 0.05) is 31.6 Å². The van der Waals surface area contributed by atoms with Gasteiger partial charge in [0.25, 0.3) is 5.91 Å². The number of benzene rings is 2. The van der Waals surface area contributed by atoms with Crippen molar-refractivity contribution in [1.82, 2.24) is 9.21 Å². The molecule has 0 unspecified atom stereocenters. The molecule has 2 aromatic carbocycles. The topological polar surface area (TPSA) is 76.2 Å². The van der Waals surface area contributed by atoms with Gasteiger partial charge in [0.2, 0.25) is 10.0 Å². The Balaban J connectivity index is 1.67. The molecule has 29 heavy (non-hydrogen) atoms. The Kier molecular flexibility index (Phi) is 6.56. The van der Waals surface area contributed by atoms with Gasteiger partial charge in [-0.1, -0.05) is 30.3 Å². The second-order valence-electron chi connectivity index (χ2n) is 6.52. The number of hydrogen-bond donors (Lipinski definition) is 0. The van der Waals surface area contributed by atoms with Crippen LogP contribution >= 0.6 is 0 Å². The van der Waals surface area contributed by atoms with Gasteiger partial charge in [0.05, 0.1) is 19.8 Å². The van der Waals surface area contributed by atoms with Crippen LogP contribution < -0.4 is 9.47 Å².